The summed E-state index contributed by atoms with van der Waals surface area (Å²) in [5.41, 5.74) is -1.00. The third-order valence-electron chi connectivity index (χ3n) is 4.82. The molecule has 21 heavy (non-hydrogen) atoms. The van der Waals surface area contributed by atoms with Gasteiger partial charge < -0.3 is 14.9 Å². The first-order chi connectivity index (χ1) is 9.94. The van der Waals surface area contributed by atoms with E-state index in [1.807, 2.05) is 18.7 Å². The van der Waals surface area contributed by atoms with Crippen LogP contribution in [0.4, 0.5) is 4.79 Å². The van der Waals surface area contributed by atoms with Gasteiger partial charge in [0.2, 0.25) is 0 Å². The summed E-state index contributed by atoms with van der Waals surface area (Å²) in [4.78, 5) is 28.1. The Bertz CT molecular complexity index is 373. The fraction of sp³-hybridized carbons (Fsp3) is 0.875. The second-order valence-electron chi connectivity index (χ2n) is 6.03. The van der Waals surface area contributed by atoms with Crippen molar-refractivity contribution in [1.29, 1.82) is 0 Å². The molecule has 1 aliphatic rings. The van der Waals surface area contributed by atoms with Gasteiger partial charge in [-0.2, -0.15) is 0 Å². The predicted molar refractivity (Wildman–Crippen MR) is 83.4 cm³/mol. The fourth-order valence-electron chi connectivity index (χ4n) is 3.11. The maximum atomic E-state index is 12.9. The Morgan fingerprint density at radius 1 is 1.33 bits per heavy atom. The van der Waals surface area contributed by atoms with Crippen LogP contribution >= 0.6 is 0 Å². The first-order valence-corrected chi connectivity index (χ1v) is 8.26. The highest BCUT2D eigenvalue weighted by Gasteiger charge is 2.49. The molecular formula is C16H30N2O3. The van der Waals surface area contributed by atoms with Gasteiger partial charge in [-0.15, -0.1) is 0 Å². The van der Waals surface area contributed by atoms with Crippen LogP contribution < -0.4 is 0 Å². The Morgan fingerprint density at radius 2 is 2.00 bits per heavy atom. The molecular weight excluding hydrogens is 268 g/mol. The zero-order valence-electron chi connectivity index (χ0n) is 13.9. The summed E-state index contributed by atoms with van der Waals surface area (Å²) in [6.07, 6.45) is 4.67. The molecule has 5 nitrogen and oxygen atoms in total. The number of carbonyl (C=O) groups excluding carboxylic acids is 1. The second-order valence-corrected chi connectivity index (χ2v) is 6.03. The third-order valence-corrected chi connectivity index (χ3v) is 4.82. The number of likely N-dealkylation sites (tertiary alicyclic amines) is 1. The molecule has 1 fully saturated rings. The van der Waals surface area contributed by atoms with E-state index in [2.05, 4.69) is 13.8 Å². The normalized spacial score (nSPS) is 23.1. The van der Waals surface area contributed by atoms with Gasteiger partial charge >= 0.3 is 12.0 Å². The van der Waals surface area contributed by atoms with Crippen molar-refractivity contribution in [3.63, 3.8) is 0 Å². The number of aliphatic carboxylic acids is 1. The van der Waals surface area contributed by atoms with E-state index in [0.29, 0.717) is 25.9 Å². The number of hydrogen-bond donors (Lipinski definition) is 1. The van der Waals surface area contributed by atoms with Crippen LogP contribution in [0.5, 0.6) is 0 Å². The van der Waals surface area contributed by atoms with E-state index in [0.717, 1.165) is 25.7 Å². The topological polar surface area (TPSA) is 60.9 Å². The quantitative estimate of drug-likeness (QED) is 0.784. The number of hydrogen-bond acceptors (Lipinski definition) is 2. The van der Waals surface area contributed by atoms with Crippen LogP contribution in [0.3, 0.4) is 0 Å². The Kier molecular flexibility index (Phi) is 6.49. The van der Waals surface area contributed by atoms with E-state index >= 15 is 0 Å². The van der Waals surface area contributed by atoms with Crippen molar-refractivity contribution in [1.82, 2.24) is 9.80 Å². The molecule has 0 aromatic heterocycles. The summed E-state index contributed by atoms with van der Waals surface area (Å²) in [7, 11) is 0. The fourth-order valence-corrected chi connectivity index (χ4v) is 3.11. The minimum Gasteiger partial charge on any atom is -0.479 e. The maximum Gasteiger partial charge on any atom is 0.329 e. The lowest BCUT2D eigenvalue weighted by Crippen LogP contribution is -2.58. The van der Waals surface area contributed by atoms with E-state index in [9.17, 15) is 14.7 Å². The molecule has 2 atom stereocenters. The number of urea groups is 1. The molecule has 1 N–H and O–H groups in total. The molecule has 0 aromatic carbocycles. The number of unbranched alkanes of at least 4 members (excludes halogenated alkanes) is 1. The van der Waals surface area contributed by atoms with Gasteiger partial charge in [0.1, 0.15) is 5.54 Å². The smallest absolute Gasteiger partial charge is 0.329 e. The van der Waals surface area contributed by atoms with Gasteiger partial charge in [0.25, 0.3) is 0 Å². The Morgan fingerprint density at radius 3 is 2.48 bits per heavy atom. The van der Waals surface area contributed by atoms with Crippen molar-refractivity contribution in [2.45, 2.75) is 77.8 Å². The number of carbonyl (C=O) groups is 2. The maximum absolute atomic E-state index is 12.9. The molecule has 5 heteroatoms. The molecule has 1 saturated heterocycles. The summed E-state index contributed by atoms with van der Waals surface area (Å²) in [6, 6.07) is 0.0487. The van der Waals surface area contributed by atoms with Gasteiger partial charge in [-0.3, -0.25) is 0 Å². The summed E-state index contributed by atoms with van der Waals surface area (Å²) in [5.74, 6) is -0.865. The predicted octanol–water partition coefficient (Wildman–Crippen LogP) is 3.34. The average Bonchev–Trinajstić information content (AvgIpc) is 2.92. The summed E-state index contributed by atoms with van der Waals surface area (Å²) < 4.78 is 0. The molecule has 0 aromatic rings. The lowest BCUT2D eigenvalue weighted by Gasteiger charge is -2.39. The van der Waals surface area contributed by atoms with Crippen LogP contribution in [-0.2, 0) is 4.79 Å². The molecule has 1 rings (SSSR count). The SMILES string of the molecule is CCCCN(C(=O)N1CCCC1(CC)C(=O)O)C(C)CC. The van der Waals surface area contributed by atoms with E-state index in [4.69, 9.17) is 0 Å². The van der Waals surface area contributed by atoms with Crippen molar-refractivity contribution in [3.05, 3.63) is 0 Å². The van der Waals surface area contributed by atoms with Gasteiger partial charge in [0.05, 0.1) is 0 Å². The Balaban J connectivity index is 2.98. The van der Waals surface area contributed by atoms with Crippen LogP contribution in [0.1, 0.15) is 66.2 Å². The van der Waals surface area contributed by atoms with Crippen LogP contribution in [0, 0.1) is 0 Å². The van der Waals surface area contributed by atoms with E-state index in [-0.39, 0.29) is 12.1 Å². The number of amides is 2. The van der Waals surface area contributed by atoms with E-state index in [1.54, 1.807) is 4.90 Å². The van der Waals surface area contributed by atoms with Crippen LogP contribution in [0.25, 0.3) is 0 Å². The largest absolute Gasteiger partial charge is 0.479 e. The van der Waals surface area contributed by atoms with Gasteiger partial charge in [-0.1, -0.05) is 27.2 Å². The monoisotopic (exact) mass is 298 g/mol. The number of rotatable bonds is 7. The van der Waals surface area contributed by atoms with Crippen molar-refractivity contribution in [2.24, 2.45) is 0 Å². The second kappa shape index (κ2) is 7.66. The standard InChI is InChI=1S/C16H30N2O3/c1-5-8-11-17(13(4)6-2)15(21)18-12-9-10-16(18,7-3)14(19)20/h13H,5-12H2,1-4H3,(H,19,20). The molecule has 0 spiro atoms. The highest BCUT2D eigenvalue weighted by molar-refractivity contribution is 5.87. The van der Waals surface area contributed by atoms with Gasteiger partial charge in [0.15, 0.2) is 0 Å². The molecule has 0 bridgehead atoms. The molecule has 122 valence electrons. The van der Waals surface area contributed by atoms with Crippen molar-refractivity contribution in [2.75, 3.05) is 13.1 Å². The number of carboxylic acid groups (broad SMARTS) is 1. The molecule has 2 amide bonds. The number of nitrogens with zero attached hydrogens (tertiary/aromatic N) is 2. The van der Waals surface area contributed by atoms with E-state index < -0.39 is 11.5 Å². The van der Waals surface area contributed by atoms with Crippen LogP contribution in [0.15, 0.2) is 0 Å². The van der Waals surface area contributed by atoms with E-state index in [1.165, 1.54) is 0 Å². The summed E-state index contributed by atoms with van der Waals surface area (Å²) >= 11 is 0. The van der Waals surface area contributed by atoms with Crippen molar-refractivity contribution >= 4 is 12.0 Å². The first kappa shape index (κ1) is 17.8. The minimum absolute atomic E-state index is 0.0976. The lowest BCUT2D eigenvalue weighted by molar-refractivity contribution is -0.148. The molecule has 0 aliphatic carbocycles. The Labute approximate surface area is 128 Å². The van der Waals surface area contributed by atoms with Crippen LogP contribution in [0.2, 0.25) is 0 Å². The Hall–Kier alpha value is -1.26. The molecule has 1 heterocycles. The van der Waals surface area contributed by atoms with Gasteiger partial charge in [-0.25, -0.2) is 9.59 Å². The zero-order chi connectivity index (χ0) is 16.0. The highest BCUT2D eigenvalue weighted by atomic mass is 16.4. The first-order valence-electron chi connectivity index (χ1n) is 8.26. The average molecular weight is 298 g/mol. The molecule has 1 aliphatic heterocycles. The lowest BCUT2D eigenvalue weighted by atomic mass is 9.93. The van der Waals surface area contributed by atoms with Gasteiger partial charge in [-0.05, 0) is 39.0 Å². The van der Waals surface area contributed by atoms with Gasteiger partial charge in [0, 0.05) is 19.1 Å². The van der Waals surface area contributed by atoms with Crippen LogP contribution in [-0.4, -0.2) is 51.6 Å². The minimum atomic E-state index is -1.00. The number of carboxylic acids is 1. The third kappa shape index (κ3) is 3.50. The summed E-state index contributed by atoms with van der Waals surface area (Å²) in [5, 5.41) is 9.62. The highest BCUT2D eigenvalue weighted by Crippen LogP contribution is 2.34. The molecule has 0 saturated carbocycles. The van der Waals surface area contributed by atoms with Crippen molar-refractivity contribution < 1.29 is 14.7 Å². The summed E-state index contributed by atoms with van der Waals surface area (Å²) in [6.45, 7) is 9.32. The zero-order valence-corrected chi connectivity index (χ0v) is 13.9. The molecule has 0 radical (unpaired) electrons. The molecule has 2 unspecified atom stereocenters. The van der Waals surface area contributed by atoms with Crippen molar-refractivity contribution in [3.8, 4) is 0 Å².